The standard InChI is InChI=1S/C13H22N4O2/c1-14-11-10(19-2)12(17-9-16-11)15-7-13(8-18)5-3-4-6-13/h9,18H,3-8H2,1-2H3,(H2,14,15,16,17). The van der Waals surface area contributed by atoms with Gasteiger partial charge in [-0.3, -0.25) is 0 Å². The van der Waals surface area contributed by atoms with Crippen LogP contribution in [-0.4, -0.2) is 42.4 Å². The van der Waals surface area contributed by atoms with Crippen LogP contribution in [0.3, 0.4) is 0 Å². The quantitative estimate of drug-likeness (QED) is 0.724. The van der Waals surface area contributed by atoms with Crippen molar-refractivity contribution < 1.29 is 9.84 Å². The third kappa shape index (κ3) is 2.89. The molecular formula is C13H22N4O2. The molecule has 1 aliphatic carbocycles. The van der Waals surface area contributed by atoms with E-state index in [-0.39, 0.29) is 12.0 Å². The molecule has 0 spiro atoms. The summed E-state index contributed by atoms with van der Waals surface area (Å²) in [6, 6.07) is 0. The van der Waals surface area contributed by atoms with Crippen LogP contribution in [-0.2, 0) is 0 Å². The Hall–Kier alpha value is -1.56. The summed E-state index contributed by atoms with van der Waals surface area (Å²) in [5, 5.41) is 15.9. The number of hydrogen-bond donors (Lipinski definition) is 3. The number of anilines is 2. The Balaban J connectivity index is 2.10. The molecule has 1 saturated carbocycles. The molecule has 1 heterocycles. The number of aliphatic hydroxyl groups is 1. The second-order valence-corrected chi connectivity index (χ2v) is 5.07. The molecule has 1 fully saturated rings. The average Bonchev–Trinajstić information content (AvgIpc) is 2.94. The lowest BCUT2D eigenvalue weighted by molar-refractivity contribution is 0.142. The van der Waals surface area contributed by atoms with Gasteiger partial charge in [-0.1, -0.05) is 12.8 Å². The Morgan fingerprint density at radius 1 is 1.32 bits per heavy atom. The zero-order valence-corrected chi connectivity index (χ0v) is 11.6. The van der Waals surface area contributed by atoms with Gasteiger partial charge in [-0.05, 0) is 12.8 Å². The fourth-order valence-corrected chi connectivity index (χ4v) is 2.66. The van der Waals surface area contributed by atoms with Crippen molar-refractivity contribution >= 4 is 11.6 Å². The molecule has 0 saturated heterocycles. The second kappa shape index (κ2) is 6.06. The van der Waals surface area contributed by atoms with Crippen molar-refractivity contribution in [1.82, 2.24) is 9.97 Å². The van der Waals surface area contributed by atoms with Crippen LogP contribution >= 0.6 is 0 Å². The molecule has 2 rings (SSSR count). The zero-order valence-electron chi connectivity index (χ0n) is 11.6. The first-order valence-corrected chi connectivity index (χ1v) is 6.66. The fraction of sp³-hybridized carbons (Fsp3) is 0.692. The summed E-state index contributed by atoms with van der Waals surface area (Å²) in [6.45, 7) is 0.923. The number of nitrogens with zero attached hydrogens (tertiary/aromatic N) is 2. The third-order valence-corrected chi connectivity index (χ3v) is 3.88. The molecule has 19 heavy (non-hydrogen) atoms. The highest BCUT2D eigenvalue weighted by molar-refractivity contribution is 5.63. The van der Waals surface area contributed by atoms with Gasteiger partial charge in [0.05, 0.1) is 13.7 Å². The molecule has 0 amide bonds. The third-order valence-electron chi connectivity index (χ3n) is 3.88. The Bertz CT molecular complexity index is 419. The molecule has 0 bridgehead atoms. The molecule has 106 valence electrons. The zero-order chi connectivity index (χ0) is 13.7. The topological polar surface area (TPSA) is 79.3 Å². The van der Waals surface area contributed by atoms with Gasteiger partial charge in [0.2, 0.25) is 5.75 Å². The van der Waals surface area contributed by atoms with E-state index in [0.717, 1.165) is 12.8 Å². The molecule has 1 aromatic heterocycles. The highest BCUT2D eigenvalue weighted by Crippen LogP contribution is 2.38. The molecule has 0 atom stereocenters. The maximum absolute atomic E-state index is 9.61. The number of nitrogens with one attached hydrogen (secondary N) is 2. The molecule has 0 radical (unpaired) electrons. The van der Waals surface area contributed by atoms with E-state index in [2.05, 4.69) is 20.6 Å². The summed E-state index contributed by atoms with van der Waals surface area (Å²) in [7, 11) is 3.39. The van der Waals surface area contributed by atoms with E-state index in [0.29, 0.717) is 23.9 Å². The second-order valence-electron chi connectivity index (χ2n) is 5.07. The van der Waals surface area contributed by atoms with Crippen LogP contribution in [0.1, 0.15) is 25.7 Å². The van der Waals surface area contributed by atoms with E-state index >= 15 is 0 Å². The maximum atomic E-state index is 9.61. The van der Waals surface area contributed by atoms with Gasteiger partial charge in [0.15, 0.2) is 11.6 Å². The predicted octanol–water partition coefficient (Wildman–Crippen LogP) is 1.49. The summed E-state index contributed by atoms with van der Waals surface area (Å²) < 4.78 is 5.34. The molecule has 0 aromatic carbocycles. The van der Waals surface area contributed by atoms with Gasteiger partial charge in [0.1, 0.15) is 6.33 Å². The molecule has 3 N–H and O–H groups in total. The van der Waals surface area contributed by atoms with Crippen LogP contribution in [0.2, 0.25) is 0 Å². The average molecular weight is 266 g/mol. The van der Waals surface area contributed by atoms with Gasteiger partial charge in [0, 0.05) is 19.0 Å². The molecule has 6 nitrogen and oxygen atoms in total. The maximum Gasteiger partial charge on any atom is 0.204 e. The SMILES string of the molecule is CNc1ncnc(NCC2(CO)CCCC2)c1OC. The molecular weight excluding hydrogens is 244 g/mol. The number of ether oxygens (including phenoxy) is 1. The van der Waals surface area contributed by atoms with Gasteiger partial charge in [0.25, 0.3) is 0 Å². The lowest BCUT2D eigenvalue weighted by Crippen LogP contribution is -2.31. The monoisotopic (exact) mass is 266 g/mol. The molecule has 1 aliphatic rings. The smallest absolute Gasteiger partial charge is 0.204 e. The minimum absolute atomic E-state index is 0.0181. The van der Waals surface area contributed by atoms with Crippen molar-refractivity contribution in [3.8, 4) is 5.75 Å². The Morgan fingerprint density at radius 3 is 2.58 bits per heavy atom. The first-order valence-electron chi connectivity index (χ1n) is 6.66. The number of hydrogen-bond acceptors (Lipinski definition) is 6. The Labute approximate surface area is 113 Å². The van der Waals surface area contributed by atoms with Crippen molar-refractivity contribution in [3.05, 3.63) is 6.33 Å². The van der Waals surface area contributed by atoms with Crippen molar-refractivity contribution in [2.24, 2.45) is 5.41 Å². The summed E-state index contributed by atoms with van der Waals surface area (Å²) in [6.07, 6.45) is 5.98. The molecule has 0 aliphatic heterocycles. The Morgan fingerprint density at radius 2 is 2.00 bits per heavy atom. The highest BCUT2D eigenvalue weighted by atomic mass is 16.5. The van der Waals surface area contributed by atoms with Crippen molar-refractivity contribution in [2.45, 2.75) is 25.7 Å². The largest absolute Gasteiger partial charge is 0.490 e. The van der Waals surface area contributed by atoms with E-state index in [9.17, 15) is 5.11 Å². The molecule has 0 unspecified atom stereocenters. The number of aromatic nitrogens is 2. The number of aliphatic hydroxyl groups excluding tert-OH is 1. The summed E-state index contributed by atoms with van der Waals surface area (Å²) >= 11 is 0. The normalized spacial score (nSPS) is 17.2. The minimum atomic E-state index is -0.0181. The van der Waals surface area contributed by atoms with Crippen LogP contribution in [0.4, 0.5) is 11.6 Å². The number of methoxy groups -OCH3 is 1. The van der Waals surface area contributed by atoms with E-state index in [1.807, 2.05) is 0 Å². The fourth-order valence-electron chi connectivity index (χ4n) is 2.66. The van der Waals surface area contributed by atoms with Gasteiger partial charge in [-0.25, -0.2) is 9.97 Å². The van der Waals surface area contributed by atoms with E-state index < -0.39 is 0 Å². The lowest BCUT2D eigenvalue weighted by atomic mass is 9.87. The Kier molecular flexibility index (Phi) is 4.42. The van der Waals surface area contributed by atoms with Gasteiger partial charge in [-0.2, -0.15) is 0 Å². The van der Waals surface area contributed by atoms with Gasteiger partial charge in [-0.15, -0.1) is 0 Å². The first-order chi connectivity index (χ1) is 9.24. The molecule has 1 aromatic rings. The highest BCUT2D eigenvalue weighted by Gasteiger charge is 2.33. The van der Waals surface area contributed by atoms with E-state index in [1.165, 1.54) is 19.2 Å². The van der Waals surface area contributed by atoms with Crippen LogP contribution < -0.4 is 15.4 Å². The van der Waals surface area contributed by atoms with E-state index in [4.69, 9.17) is 4.74 Å². The van der Waals surface area contributed by atoms with Gasteiger partial charge >= 0.3 is 0 Å². The minimum Gasteiger partial charge on any atom is -0.490 e. The van der Waals surface area contributed by atoms with Crippen molar-refractivity contribution in [2.75, 3.05) is 37.9 Å². The first kappa shape index (κ1) is 13.9. The van der Waals surface area contributed by atoms with Crippen LogP contribution in [0.25, 0.3) is 0 Å². The van der Waals surface area contributed by atoms with Crippen LogP contribution in [0.15, 0.2) is 6.33 Å². The van der Waals surface area contributed by atoms with Crippen molar-refractivity contribution in [3.63, 3.8) is 0 Å². The molecule has 6 heteroatoms. The predicted molar refractivity (Wildman–Crippen MR) is 74.6 cm³/mol. The number of rotatable bonds is 6. The summed E-state index contributed by atoms with van der Waals surface area (Å²) in [5.41, 5.74) is -0.0181. The lowest BCUT2D eigenvalue weighted by Gasteiger charge is -2.27. The summed E-state index contributed by atoms with van der Waals surface area (Å²) in [4.78, 5) is 8.32. The van der Waals surface area contributed by atoms with Crippen molar-refractivity contribution in [1.29, 1.82) is 0 Å². The summed E-state index contributed by atoms with van der Waals surface area (Å²) in [5.74, 6) is 1.93. The van der Waals surface area contributed by atoms with Gasteiger partial charge < -0.3 is 20.5 Å². The van der Waals surface area contributed by atoms with E-state index in [1.54, 1.807) is 14.2 Å². The van der Waals surface area contributed by atoms with Crippen LogP contribution in [0.5, 0.6) is 5.75 Å². The van der Waals surface area contributed by atoms with Crippen LogP contribution in [0, 0.1) is 5.41 Å².